The van der Waals surface area contributed by atoms with Gasteiger partial charge in [0.1, 0.15) is 0 Å². The van der Waals surface area contributed by atoms with Crippen molar-refractivity contribution < 1.29 is 0 Å². The topological polar surface area (TPSA) is 0 Å². The van der Waals surface area contributed by atoms with Crippen LogP contribution in [-0.2, 0) is 12.8 Å². The van der Waals surface area contributed by atoms with Crippen molar-refractivity contribution in [3.63, 3.8) is 0 Å². The highest BCUT2D eigenvalue weighted by atomic mass is 35.5. The van der Waals surface area contributed by atoms with Gasteiger partial charge in [0.25, 0.3) is 0 Å². The van der Waals surface area contributed by atoms with Crippen molar-refractivity contribution in [2.45, 2.75) is 45.9 Å². The molecular weight excluding hydrogens is 276 g/mol. The molecule has 1 heteroatoms. The molecule has 0 aliphatic heterocycles. The predicted molar refractivity (Wildman–Crippen MR) is 93.2 cm³/mol. The summed E-state index contributed by atoms with van der Waals surface area (Å²) >= 11 is 6.62. The van der Waals surface area contributed by atoms with Gasteiger partial charge in [0, 0.05) is 0 Å². The van der Waals surface area contributed by atoms with Gasteiger partial charge in [0.2, 0.25) is 0 Å². The fourth-order valence-corrected chi connectivity index (χ4v) is 2.98. The summed E-state index contributed by atoms with van der Waals surface area (Å²) in [4.78, 5) is 0. The SMILES string of the molecule is Cc1ccc(C)c(CC(Cl)c2ccc(CC(C)C)cc2)c1. The van der Waals surface area contributed by atoms with E-state index < -0.39 is 0 Å². The number of halogens is 1. The highest BCUT2D eigenvalue weighted by Crippen LogP contribution is 2.27. The van der Waals surface area contributed by atoms with Crippen molar-refractivity contribution in [3.05, 3.63) is 70.3 Å². The van der Waals surface area contributed by atoms with Crippen LogP contribution in [0, 0.1) is 19.8 Å². The molecule has 0 saturated heterocycles. The van der Waals surface area contributed by atoms with E-state index >= 15 is 0 Å². The zero-order valence-electron chi connectivity index (χ0n) is 13.5. The molecule has 0 heterocycles. The Hall–Kier alpha value is -1.27. The van der Waals surface area contributed by atoms with Crippen molar-refractivity contribution in [1.29, 1.82) is 0 Å². The summed E-state index contributed by atoms with van der Waals surface area (Å²) in [5.74, 6) is 0.692. The van der Waals surface area contributed by atoms with Crippen molar-refractivity contribution in [2.75, 3.05) is 0 Å². The number of alkyl halides is 1. The van der Waals surface area contributed by atoms with Gasteiger partial charge in [-0.25, -0.2) is 0 Å². The second-order valence-corrected chi connectivity index (χ2v) is 6.97. The van der Waals surface area contributed by atoms with Gasteiger partial charge in [-0.2, -0.15) is 0 Å². The van der Waals surface area contributed by atoms with E-state index in [2.05, 4.69) is 70.2 Å². The summed E-state index contributed by atoms with van der Waals surface area (Å²) in [6, 6.07) is 15.4. The van der Waals surface area contributed by atoms with Gasteiger partial charge < -0.3 is 0 Å². The summed E-state index contributed by atoms with van der Waals surface area (Å²) < 4.78 is 0. The molecule has 0 aliphatic carbocycles. The number of hydrogen-bond donors (Lipinski definition) is 0. The van der Waals surface area contributed by atoms with Crippen LogP contribution >= 0.6 is 11.6 Å². The third kappa shape index (κ3) is 4.61. The van der Waals surface area contributed by atoms with Gasteiger partial charge in [0.05, 0.1) is 5.38 Å². The number of benzene rings is 2. The Balaban J connectivity index is 2.09. The van der Waals surface area contributed by atoms with Crippen molar-refractivity contribution in [2.24, 2.45) is 5.92 Å². The molecule has 0 radical (unpaired) electrons. The third-order valence-electron chi connectivity index (χ3n) is 3.89. The van der Waals surface area contributed by atoms with Crippen molar-refractivity contribution in [1.82, 2.24) is 0 Å². The van der Waals surface area contributed by atoms with Crippen LogP contribution in [0.1, 0.15) is 47.0 Å². The molecule has 0 aliphatic rings. The maximum atomic E-state index is 6.62. The lowest BCUT2D eigenvalue weighted by Gasteiger charge is -2.14. The van der Waals surface area contributed by atoms with E-state index in [4.69, 9.17) is 11.6 Å². The van der Waals surface area contributed by atoms with Crippen LogP contribution in [0.15, 0.2) is 42.5 Å². The first-order valence-electron chi connectivity index (χ1n) is 7.74. The number of aryl methyl sites for hydroxylation is 2. The van der Waals surface area contributed by atoms with Crippen LogP contribution in [0.2, 0.25) is 0 Å². The Morgan fingerprint density at radius 2 is 1.57 bits per heavy atom. The highest BCUT2D eigenvalue weighted by Gasteiger charge is 2.11. The zero-order valence-corrected chi connectivity index (χ0v) is 14.2. The first-order chi connectivity index (χ1) is 9.95. The summed E-state index contributed by atoms with van der Waals surface area (Å²) in [5.41, 5.74) is 6.57. The average molecular weight is 301 g/mol. The molecule has 0 fully saturated rings. The lowest BCUT2D eigenvalue weighted by atomic mass is 9.96. The van der Waals surface area contributed by atoms with Crippen LogP contribution in [0.4, 0.5) is 0 Å². The van der Waals surface area contributed by atoms with E-state index in [-0.39, 0.29) is 5.38 Å². The molecule has 2 aromatic carbocycles. The second-order valence-electron chi connectivity index (χ2n) is 6.44. The van der Waals surface area contributed by atoms with E-state index in [1.165, 1.54) is 27.8 Å². The molecular formula is C20H25Cl. The molecule has 1 atom stereocenters. The molecule has 0 N–H and O–H groups in total. The summed E-state index contributed by atoms with van der Waals surface area (Å²) in [6.07, 6.45) is 2.02. The largest absolute Gasteiger partial charge is 0.117 e. The fourth-order valence-electron chi connectivity index (χ4n) is 2.67. The molecule has 21 heavy (non-hydrogen) atoms. The maximum absolute atomic E-state index is 6.62. The van der Waals surface area contributed by atoms with Crippen molar-refractivity contribution in [3.8, 4) is 0 Å². The zero-order chi connectivity index (χ0) is 15.4. The van der Waals surface area contributed by atoms with Gasteiger partial charge in [-0.3, -0.25) is 0 Å². The lowest BCUT2D eigenvalue weighted by molar-refractivity contribution is 0.647. The smallest absolute Gasteiger partial charge is 0.0625 e. The maximum Gasteiger partial charge on any atom is 0.0625 e. The second kappa shape index (κ2) is 7.13. The predicted octanol–water partition coefficient (Wildman–Crippen LogP) is 6.02. The van der Waals surface area contributed by atoms with E-state index in [1.807, 2.05) is 0 Å². The molecule has 0 nitrogen and oxygen atoms in total. The summed E-state index contributed by atoms with van der Waals surface area (Å²) in [7, 11) is 0. The molecule has 0 saturated carbocycles. The molecule has 0 aromatic heterocycles. The Bertz CT molecular complexity index is 581. The number of rotatable bonds is 5. The van der Waals surface area contributed by atoms with Crippen LogP contribution in [0.3, 0.4) is 0 Å². The van der Waals surface area contributed by atoms with Gasteiger partial charge in [0.15, 0.2) is 0 Å². The van der Waals surface area contributed by atoms with Crippen LogP contribution in [0.5, 0.6) is 0 Å². The minimum atomic E-state index is 0.0404. The van der Waals surface area contributed by atoms with Gasteiger partial charge in [-0.15, -0.1) is 11.6 Å². The standard InChI is InChI=1S/C20H25Cl/c1-14(2)11-17-7-9-18(10-8-17)20(21)13-19-12-15(3)5-6-16(19)4/h5-10,12,14,20H,11,13H2,1-4H3. The van der Waals surface area contributed by atoms with Crippen LogP contribution < -0.4 is 0 Å². The molecule has 0 amide bonds. The van der Waals surface area contributed by atoms with Gasteiger partial charge in [-0.05, 0) is 54.9 Å². The number of hydrogen-bond acceptors (Lipinski definition) is 0. The molecule has 2 aromatic rings. The quantitative estimate of drug-likeness (QED) is 0.592. The molecule has 0 bridgehead atoms. The minimum absolute atomic E-state index is 0.0404. The van der Waals surface area contributed by atoms with E-state index in [0.29, 0.717) is 5.92 Å². The van der Waals surface area contributed by atoms with E-state index in [9.17, 15) is 0 Å². The van der Waals surface area contributed by atoms with Crippen LogP contribution in [-0.4, -0.2) is 0 Å². The fraction of sp³-hybridized carbons (Fsp3) is 0.400. The Kier molecular flexibility index (Phi) is 5.47. The summed E-state index contributed by atoms with van der Waals surface area (Å²) in [5, 5.41) is 0.0404. The van der Waals surface area contributed by atoms with E-state index in [0.717, 1.165) is 12.8 Å². The van der Waals surface area contributed by atoms with Gasteiger partial charge in [-0.1, -0.05) is 61.9 Å². The Labute approximate surface area is 134 Å². The first-order valence-corrected chi connectivity index (χ1v) is 8.18. The van der Waals surface area contributed by atoms with Gasteiger partial charge >= 0.3 is 0 Å². The van der Waals surface area contributed by atoms with E-state index in [1.54, 1.807) is 0 Å². The first kappa shape index (κ1) is 16.1. The molecule has 112 valence electrons. The Morgan fingerprint density at radius 3 is 2.19 bits per heavy atom. The molecule has 1 unspecified atom stereocenters. The average Bonchev–Trinajstić information content (AvgIpc) is 2.43. The molecule has 2 rings (SSSR count). The molecule has 0 spiro atoms. The monoisotopic (exact) mass is 300 g/mol. The normalized spacial score (nSPS) is 12.7. The summed E-state index contributed by atoms with van der Waals surface area (Å²) in [6.45, 7) is 8.79. The lowest BCUT2D eigenvalue weighted by Crippen LogP contribution is -2.00. The third-order valence-corrected chi connectivity index (χ3v) is 4.30. The minimum Gasteiger partial charge on any atom is -0.117 e. The van der Waals surface area contributed by atoms with Crippen LogP contribution in [0.25, 0.3) is 0 Å². The Morgan fingerprint density at radius 1 is 0.905 bits per heavy atom. The highest BCUT2D eigenvalue weighted by molar-refractivity contribution is 6.20. The van der Waals surface area contributed by atoms with Crippen molar-refractivity contribution >= 4 is 11.6 Å².